The summed E-state index contributed by atoms with van der Waals surface area (Å²) >= 11 is 1.08. The molecule has 0 radical (unpaired) electrons. The van der Waals surface area contributed by atoms with Crippen molar-refractivity contribution in [2.75, 3.05) is 20.3 Å². The van der Waals surface area contributed by atoms with Gasteiger partial charge < -0.3 is 9.47 Å². The number of rotatable bonds is 3. The van der Waals surface area contributed by atoms with E-state index in [2.05, 4.69) is 4.74 Å². The summed E-state index contributed by atoms with van der Waals surface area (Å²) in [7, 11) is -2.43. The lowest BCUT2D eigenvalue weighted by atomic mass is 10.2. The van der Waals surface area contributed by atoms with Crippen LogP contribution in [0.5, 0.6) is 0 Å². The van der Waals surface area contributed by atoms with E-state index >= 15 is 0 Å². The topological polar surface area (TPSA) is 72.9 Å². The molecule has 0 amide bonds. The summed E-state index contributed by atoms with van der Waals surface area (Å²) in [5, 5.41) is 1.60. The summed E-state index contributed by atoms with van der Waals surface area (Å²) in [6.45, 7) is 0.848. The number of carbonyl (C=O) groups excluding carboxylic acids is 1. The van der Waals surface area contributed by atoms with Gasteiger partial charge in [0.15, 0.2) is 0 Å². The number of morpholine rings is 1. The van der Waals surface area contributed by atoms with Crippen LogP contribution in [0.3, 0.4) is 0 Å². The largest absolute Gasteiger partial charge is 0.465 e. The van der Waals surface area contributed by atoms with Crippen LogP contribution in [0, 0.1) is 0 Å². The van der Waals surface area contributed by atoms with Crippen molar-refractivity contribution in [1.82, 2.24) is 4.31 Å². The van der Waals surface area contributed by atoms with Gasteiger partial charge in [0, 0.05) is 12.1 Å². The first-order valence-electron chi connectivity index (χ1n) is 6.33. The zero-order valence-corrected chi connectivity index (χ0v) is 12.6. The quantitative estimate of drug-likeness (QED) is 0.780. The summed E-state index contributed by atoms with van der Waals surface area (Å²) in [4.78, 5) is 11.9. The van der Waals surface area contributed by atoms with Gasteiger partial charge >= 0.3 is 5.97 Å². The summed E-state index contributed by atoms with van der Waals surface area (Å²) in [5.74, 6) is -0.612. The lowest BCUT2D eigenvalue weighted by Crippen LogP contribution is -2.49. The molecule has 110 valence electrons. The molecular formula is C12H15NO5S2. The number of hydrogen-bond acceptors (Lipinski definition) is 6. The number of sulfonamides is 1. The maximum atomic E-state index is 12.8. The lowest BCUT2D eigenvalue weighted by Gasteiger charge is -2.33. The SMILES string of the molecule is COC(=O)c1sccc1S(=O)(=O)N1[C@@H]2CC[C@@H]1COC2. The Morgan fingerprint density at radius 1 is 1.40 bits per heavy atom. The van der Waals surface area contributed by atoms with Crippen LogP contribution in [0.2, 0.25) is 0 Å². The third-order valence-corrected chi connectivity index (χ3v) is 6.80. The van der Waals surface area contributed by atoms with Crippen LogP contribution in [-0.4, -0.2) is 51.1 Å². The molecule has 20 heavy (non-hydrogen) atoms. The van der Waals surface area contributed by atoms with Crippen LogP contribution in [0.15, 0.2) is 16.3 Å². The molecular weight excluding hydrogens is 302 g/mol. The zero-order chi connectivity index (χ0) is 14.3. The Kier molecular flexibility index (Phi) is 3.57. The maximum Gasteiger partial charge on any atom is 0.349 e. The molecule has 0 spiro atoms. The van der Waals surface area contributed by atoms with Crippen LogP contribution in [0.25, 0.3) is 0 Å². The molecule has 2 fully saturated rings. The van der Waals surface area contributed by atoms with Gasteiger partial charge in [-0.05, 0) is 24.3 Å². The molecule has 2 atom stereocenters. The van der Waals surface area contributed by atoms with Crippen molar-refractivity contribution in [2.45, 2.75) is 29.8 Å². The fraction of sp³-hybridized carbons (Fsp3) is 0.583. The third-order valence-electron chi connectivity index (χ3n) is 3.73. The van der Waals surface area contributed by atoms with E-state index in [0.717, 1.165) is 24.2 Å². The van der Waals surface area contributed by atoms with E-state index < -0.39 is 16.0 Å². The molecule has 6 nitrogen and oxygen atoms in total. The Morgan fingerprint density at radius 2 is 2.05 bits per heavy atom. The van der Waals surface area contributed by atoms with Crippen molar-refractivity contribution in [3.63, 3.8) is 0 Å². The van der Waals surface area contributed by atoms with Crippen molar-refractivity contribution in [3.05, 3.63) is 16.3 Å². The number of esters is 1. The molecule has 0 aliphatic carbocycles. The number of methoxy groups -OCH3 is 1. The molecule has 1 aromatic heterocycles. The Morgan fingerprint density at radius 3 is 2.65 bits per heavy atom. The van der Waals surface area contributed by atoms with E-state index in [9.17, 15) is 13.2 Å². The first-order valence-corrected chi connectivity index (χ1v) is 8.64. The first-order chi connectivity index (χ1) is 9.55. The van der Waals surface area contributed by atoms with Crippen molar-refractivity contribution in [3.8, 4) is 0 Å². The Hall–Kier alpha value is -0.960. The molecule has 3 heterocycles. The number of ether oxygens (including phenoxy) is 2. The minimum Gasteiger partial charge on any atom is -0.465 e. The average Bonchev–Trinajstić information content (AvgIpc) is 3.02. The number of nitrogens with zero attached hydrogens (tertiary/aromatic N) is 1. The van der Waals surface area contributed by atoms with Gasteiger partial charge in [-0.3, -0.25) is 0 Å². The normalized spacial score (nSPS) is 26.6. The minimum absolute atomic E-state index is 0.0492. The van der Waals surface area contributed by atoms with E-state index in [1.165, 1.54) is 17.5 Å². The predicted octanol–water partition coefficient (Wildman–Crippen LogP) is 1.09. The van der Waals surface area contributed by atoms with Gasteiger partial charge in [0.25, 0.3) is 0 Å². The van der Waals surface area contributed by atoms with Gasteiger partial charge in [0.05, 0.1) is 20.3 Å². The Labute approximate surface area is 121 Å². The molecule has 2 aliphatic rings. The molecule has 0 aromatic carbocycles. The second-order valence-corrected chi connectivity index (χ2v) is 7.59. The van der Waals surface area contributed by atoms with Crippen molar-refractivity contribution in [1.29, 1.82) is 0 Å². The van der Waals surface area contributed by atoms with Crippen LogP contribution < -0.4 is 0 Å². The smallest absolute Gasteiger partial charge is 0.349 e. The van der Waals surface area contributed by atoms with Gasteiger partial charge in [0.2, 0.25) is 10.0 Å². The zero-order valence-electron chi connectivity index (χ0n) is 10.9. The molecule has 2 saturated heterocycles. The molecule has 0 N–H and O–H groups in total. The summed E-state index contributed by atoms with van der Waals surface area (Å²) in [6, 6.07) is 1.23. The average molecular weight is 317 g/mol. The number of carbonyl (C=O) groups is 1. The monoisotopic (exact) mass is 317 g/mol. The van der Waals surface area contributed by atoms with Gasteiger partial charge in [-0.2, -0.15) is 4.31 Å². The van der Waals surface area contributed by atoms with Crippen LogP contribution >= 0.6 is 11.3 Å². The summed E-state index contributed by atoms with van der Waals surface area (Å²) in [6.07, 6.45) is 1.61. The van der Waals surface area contributed by atoms with Crippen molar-refractivity contribution < 1.29 is 22.7 Å². The Balaban J connectivity index is 2.01. The van der Waals surface area contributed by atoms with Crippen LogP contribution in [-0.2, 0) is 19.5 Å². The third kappa shape index (κ3) is 2.07. The minimum atomic E-state index is -3.68. The van der Waals surface area contributed by atoms with E-state index in [0.29, 0.717) is 13.2 Å². The van der Waals surface area contributed by atoms with E-state index in [4.69, 9.17) is 4.74 Å². The number of hydrogen-bond donors (Lipinski definition) is 0. The molecule has 1 aromatic rings. The fourth-order valence-electron chi connectivity index (χ4n) is 2.84. The first kappa shape index (κ1) is 14.0. The molecule has 3 rings (SSSR count). The van der Waals surface area contributed by atoms with Gasteiger partial charge in [0.1, 0.15) is 9.77 Å². The van der Waals surface area contributed by atoms with Gasteiger partial charge in [-0.1, -0.05) is 0 Å². The highest BCUT2D eigenvalue weighted by Gasteiger charge is 2.46. The second kappa shape index (κ2) is 5.10. The summed E-state index contributed by atoms with van der Waals surface area (Å²) in [5.41, 5.74) is 0. The molecule has 2 bridgehead atoms. The highest BCUT2D eigenvalue weighted by atomic mass is 32.2. The number of fused-ring (bicyclic) bond motifs is 2. The van der Waals surface area contributed by atoms with Crippen molar-refractivity contribution in [2.24, 2.45) is 0 Å². The molecule has 0 saturated carbocycles. The van der Waals surface area contributed by atoms with E-state index in [1.54, 1.807) is 5.38 Å². The fourth-order valence-corrected chi connectivity index (χ4v) is 5.99. The molecule has 8 heteroatoms. The second-order valence-electron chi connectivity index (χ2n) is 4.86. The van der Waals surface area contributed by atoms with Gasteiger partial charge in [-0.25, -0.2) is 13.2 Å². The molecule has 0 unspecified atom stereocenters. The predicted molar refractivity (Wildman–Crippen MR) is 72.3 cm³/mol. The lowest BCUT2D eigenvalue weighted by molar-refractivity contribution is 0.0268. The maximum absolute atomic E-state index is 12.8. The summed E-state index contributed by atoms with van der Waals surface area (Å²) < 4.78 is 37.2. The van der Waals surface area contributed by atoms with Gasteiger partial charge in [-0.15, -0.1) is 11.3 Å². The highest BCUT2D eigenvalue weighted by Crippen LogP contribution is 2.36. The van der Waals surface area contributed by atoms with Crippen LogP contribution in [0.1, 0.15) is 22.5 Å². The molecule has 2 aliphatic heterocycles. The highest BCUT2D eigenvalue weighted by molar-refractivity contribution is 7.89. The number of thiophene rings is 1. The van der Waals surface area contributed by atoms with E-state index in [1.807, 2.05) is 0 Å². The Bertz CT molecular complexity index is 608. The van der Waals surface area contributed by atoms with E-state index in [-0.39, 0.29) is 21.9 Å². The standard InChI is InChI=1S/C12H15NO5S2/c1-17-12(14)11-10(4-5-19-11)20(15,16)13-8-2-3-9(13)7-18-6-8/h4-5,8-9H,2-3,6-7H2,1H3/t8-,9-/m1/s1. The van der Waals surface area contributed by atoms with Crippen LogP contribution in [0.4, 0.5) is 0 Å². The van der Waals surface area contributed by atoms with Crippen molar-refractivity contribution >= 4 is 27.3 Å².